The Morgan fingerprint density at radius 3 is 2.44 bits per heavy atom. The Kier molecular flexibility index (Phi) is 5.21. The number of nitro benzene ring substituents is 2. The number of rotatable bonds is 5. The van der Waals surface area contributed by atoms with E-state index in [9.17, 15) is 20.2 Å². The molecule has 2 aromatic carbocycles. The van der Waals surface area contributed by atoms with Crippen LogP contribution < -0.4 is 5.43 Å². The highest BCUT2D eigenvalue weighted by Gasteiger charge is 2.35. The van der Waals surface area contributed by atoms with E-state index in [0.29, 0.717) is 6.42 Å². The molecule has 164 valence electrons. The molecule has 1 N–H and O–H groups in total. The van der Waals surface area contributed by atoms with Gasteiger partial charge >= 0.3 is 5.69 Å². The Balaban J connectivity index is 1.77. The Hall–Kier alpha value is -4.08. The maximum absolute atomic E-state index is 11.4. The van der Waals surface area contributed by atoms with Gasteiger partial charge in [0.1, 0.15) is 5.69 Å². The minimum atomic E-state index is -0.667. The molecule has 32 heavy (non-hydrogen) atoms. The van der Waals surface area contributed by atoms with Crippen LogP contribution in [0.15, 0.2) is 53.6 Å². The standard InChI is InChI=1S/C22H22N6O4/c1-14-21-18(24-23-17-10-9-16(27(29)30)11-19(17)28(31)32)12-22(2,3)13-20(21)26(25-14)15-7-5-4-6-8-15/h4-11,23H,12-13H2,1-3H3/b24-18+. The number of nitrogens with one attached hydrogen (secondary N) is 1. The minimum Gasteiger partial charge on any atom is -0.271 e. The summed E-state index contributed by atoms with van der Waals surface area (Å²) in [6.45, 7) is 6.19. The first kappa shape index (κ1) is 21.2. The third kappa shape index (κ3) is 3.94. The molecule has 4 rings (SSSR count). The number of aryl methyl sites for hydroxylation is 1. The maximum Gasteiger partial charge on any atom is 0.301 e. The summed E-state index contributed by atoms with van der Waals surface area (Å²) in [7, 11) is 0. The number of nitro groups is 2. The van der Waals surface area contributed by atoms with Crippen molar-refractivity contribution in [3.05, 3.63) is 85.7 Å². The highest BCUT2D eigenvalue weighted by Crippen LogP contribution is 2.38. The van der Waals surface area contributed by atoms with Crippen molar-refractivity contribution in [3.63, 3.8) is 0 Å². The second-order valence-electron chi connectivity index (χ2n) is 8.56. The second-order valence-corrected chi connectivity index (χ2v) is 8.56. The number of aromatic nitrogens is 2. The molecule has 0 saturated carbocycles. The van der Waals surface area contributed by atoms with Crippen LogP contribution in [0.3, 0.4) is 0 Å². The molecule has 1 heterocycles. The highest BCUT2D eigenvalue weighted by molar-refractivity contribution is 6.04. The summed E-state index contributed by atoms with van der Waals surface area (Å²) in [5.41, 5.74) is 6.46. The molecule has 0 atom stereocenters. The molecule has 0 saturated heterocycles. The lowest BCUT2D eigenvalue weighted by atomic mass is 9.75. The Morgan fingerprint density at radius 1 is 1.06 bits per heavy atom. The number of non-ortho nitro benzene ring substituents is 1. The molecular formula is C22H22N6O4. The number of benzene rings is 2. The van der Waals surface area contributed by atoms with Gasteiger partial charge in [0.05, 0.1) is 38.7 Å². The summed E-state index contributed by atoms with van der Waals surface area (Å²) < 4.78 is 1.93. The summed E-state index contributed by atoms with van der Waals surface area (Å²) in [6, 6.07) is 13.3. The van der Waals surface area contributed by atoms with Crippen molar-refractivity contribution in [1.29, 1.82) is 0 Å². The number of fused-ring (bicyclic) bond motifs is 1. The van der Waals surface area contributed by atoms with E-state index in [4.69, 9.17) is 5.10 Å². The second kappa shape index (κ2) is 7.88. The van der Waals surface area contributed by atoms with Crippen LogP contribution in [0, 0.1) is 32.6 Å². The predicted octanol–water partition coefficient (Wildman–Crippen LogP) is 4.79. The van der Waals surface area contributed by atoms with Crippen molar-refractivity contribution in [2.45, 2.75) is 33.6 Å². The third-order valence-electron chi connectivity index (χ3n) is 5.44. The van der Waals surface area contributed by atoms with Crippen molar-refractivity contribution in [2.24, 2.45) is 10.5 Å². The molecule has 1 aliphatic carbocycles. The van der Waals surface area contributed by atoms with Crippen LogP contribution in [0.25, 0.3) is 5.69 Å². The van der Waals surface area contributed by atoms with E-state index in [-0.39, 0.29) is 16.8 Å². The molecule has 0 aliphatic heterocycles. The molecule has 0 amide bonds. The van der Waals surface area contributed by atoms with E-state index in [1.165, 1.54) is 12.1 Å². The van der Waals surface area contributed by atoms with Crippen LogP contribution in [-0.2, 0) is 6.42 Å². The van der Waals surface area contributed by atoms with Gasteiger partial charge in [-0.05, 0) is 43.4 Å². The van der Waals surface area contributed by atoms with Gasteiger partial charge in [0.25, 0.3) is 5.69 Å². The number of hydrogen-bond acceptors (Lipinski definition) is 7. The van der Waals surface area contributed by atoms with Crippen molar-refractivity contribution in [1.82, 2.24) is 9.78 Å². The smallest absolute Gasteiger partial charge is 0.271 e. The highest BCUT2D eigenvalue weighted by atomic mass is 16.6. The zero-order valence-electron chi connectivity index (χ0n) is 17.9. The van der Waals surface area contributed by atoms with Crippen LogP contribution >= 0.6 is 0 Å². The zero-order valence-corrected chi connectivity index (χ0v) is 17.9. The number of hydrazone groups is 1. The fourth-order valence-corrected chi connectivity index (χ4v) is 4.06. The molecule has 1 aromatic heterocycles. The molecule has 0 fully saturated rings. The van der Waals surface area contributed by atoms with Crippen molar-refractivity contribution < 1.29 is 9.85 Å². The van der Waals surface area contributed by atoms with Crippen LogP contribution in [-0.4, -0.2) is 25.3 Å². The average Bonchev–Trinajstić information content (AvgIpc) is 3.07. The summed E-state index contributed by atoms with van der Waals surface area (Å²) in [6.07, 6.45) is 1.45. The van der Waals surface area contributed by atoms with Gasteiger partial charge in [0.15, 0.2) is 0 Å². The predicted molar refractivity (Wildman–Crippen MR) is 120 cm³/mol. The monoisotopic (exact) mass is 434 g/mol. The lowest BCUT2D eigenvalue weighted by Crippen LogP contribution is -2.29. The van der Waals surface area contributed by atoms with Gasteiger partial charge in [0, 0.05) is 11.6 Å². The zero-order chi connectivity index (χ0) is 23.0. The van der Waals surface area contributed by atoms with E-state index in [2.05, 4.69) is 24.4 Å². The fraction of sp³-hybridized carbons (Fsp3) is 0.273. The van der Waals surface area contributed by atoms with Crippen LogP contribution in [0.5, 0.6) is 0 Å². The van der Waals surface area contributed by atoms with E-state index < -0.39 is 15.5 Å². The average molecular weight is 434 g/mol. The topological polar surface area (TPSA) is 128 Å². The molecule has 0 bridgehead atoms. The summed E-state index contributed by atoms with van der Waals surface area (Å²) in [5.74, 6) is 0. The summed E-state index contributed by atoms with van der Waals surface area (Å²) in [4.78, 5) is 21.1. The molecule has 0 spiro atoms. The summed E-state index contributed by atoms with van der Waals surface area (Å²) >= 11 is 0. The third-order valence-corrected chi connectivity index (χ3v) is 5.44. The van der Waals surface area contributed by atoms with Gasteiger partial charge in [-0.25, -0.2) is 4.68 Å². The minimum absolute atomic E-state index is 0.0890. The lowest BCUT2D eigenvalue weighted by Gasteiger charge is -2.31. The molecule has 10 heteroatoms. The van der Waals surface area contributed by atoms with Crippen LogP contribution in [0.2, 0.25) is 0 Å². The first-order chi connectivity index (χ1) is 15.2. The SMILES string of the molecule is Cc1nn(-c2ccccc2)c2c1/C(=N/Nc1ccc([N+](=O)[O-])cc1[N+](=O)[O-])CC(C)(C)C2. The normalized spacial score (nSPS) is 15.9. The molecule has 3 aromatic rings. The molecular weight excluding hydrogens is 412 g/mol. The Morgan fingerprint density at radius 2 is 1.78 bits per heavy atom. The summed E-state index contributed by atoms with van der Waals surface area (Å²) in [5, 5.41) is 31.7. The quantitative estimate of drug-likeness (QED) is 0.454. The molecule has 0 radical (unpaired) electrons. The van der Waals surface area contributed by atoms with Gasteiger partial charge < -0.3 is 0 Å². The molecule has 10 nitrogen and oxygen atoms in total. The fourth-order valence-electron chi connectivity index (χ4n) is 4.06. The van der Waals surface area contributed by atoms with Gasteiger partial charge in [-0.15, -0.1) is 0 Å². The van der Waals surface area contributed by atoms with Crippen molar-refractivity contribution >= 4 is 22.8 Å². The first-order valence-corrected chi connectivity index (χ1v) is 10.1. The van der Waals surface area contributed by atoms with Gasteiger partial charge in [-0.3, -0.25) is 25.7 Å². The van der Waals surface area contributed by atoms with Gasteiger partial charge in [-0.2, -0.15) is 10.2 Å². The Bertz CT molecular complexity index is 1250. The van der Waals surface area contributed by atoms with E-state index >= 15 is 0 Å². The van der Waals surface area contributed by atoms with Gasteiger partial charge in [-0.1, -0.05) is 32.0 Å². The molecule has 1 aliphatic rings. The van der Waals surface area contributed by atoms with E-state index in [1.54, 1.807) is 0 Å². The number of para-hydroxylation sites is 1. The van der Waals surface area contributed by atoms with Crippen molar-refractivity contribution in [3.8, 4) is 5.69 Å². The van der Waals surface area contributed by atoms with E-state index in [1.807, 2.05) is 41.9 Å². The maximum atomic E-state index is 11.4. The van der Waals surface area contributed by atoms with E-state index in [0.717, 1.165) is 40.8 Å². The largest absolute Gasteiger partial charge is 0.301 e. The number of nitrogens with zero attached hydrogens (tertiary/aromatic N) is 5. The Labute approximate surface area is 183 Å². The van der Waals surface area contributed by atoms with Crippen molar-refractivity contribution in [2.75, 3.05) is 5.43 Å². The molecule has 0 unspecified atom stereocenters. The first-order valence-electron chi connectivity index (χ1n) is 10.1. The number of anilines is 1. The van der Waals surface area contributed by atoms with Gasteiger partial charge in [0.2, 0.25) is 0 Å². The lowest BCUT2D eigenvalue weighted by molar-refractivity contribution is -0.393. The van der Waals surface area contributed by atoms with Crippen LogP contribution in [0.1, 0.15) is 37.2 Å². The number of hydrogen-bond donors (Lipinski definition) is 1. The van der Waals surface area contributed by atoms with Crippen LogP contribution in [0.4, 0.5) is 17.1 Å².